The first-order valence-electron chi connectivity index (χ1n) is 7.63. The number of benzene rings is 1. The molecular formula is C19H19FO3. The topological polar surface area (TPSA) is 39.4 Å². The number of rotatable bonds is 3. The van der Waals surface area contributed by atoms with Gasteiger partial charge < -0.3 is 9.15 Å². The second-order valence-electron chi connectivity index (χ2n) is 6.02. The first-order valence-corrected chi connectivity index (χ1v) is 7.63. The van der Waals surface area contributed by atoms with E-state index in [0.717, 1.165) is 5.76 Å². The number of methoxy groups -OCH3 is 1. The standard InChI is InChI=1S/C19H19FO3/c1-11(2)7-8-12-9-13(22-3)10-16-17(12)19(21)18-14(20)5-4-6-15(18)23-16/h4-7,9,12H,8,10H2,1-3H3. The summed E-state index contributed by atoms with van der Waals surface area (Å²) in [5.41, 5.74) is 1.71. The van der Waals surface area contributed by atoms with E-state index in [1.165, 1.54) is 11.6 Å². The number of allylic oxidation sites excluding steroid dienone is 4. The molecule has 1 aliphatic rings. The molecule has 1 atom stereocenters. The van der Waals surface area contributed by atoms with E-state index in [1.807, 2.05) is 19.9 Å². The molecule has 1 aliphatic carbocycles. The van der Waals surface area contributed by atoms with Crippen LogP contribution in [0.15, 0.2) is 50.9 Å². The maximum atomic E-state index is 14.1. The molecule has 0 spiro atoms. The molecule has 0 N–H and O–H groups in total. The second kappa shape index (κ2) is 6.03. The van der Waals surface area contributed by atoms with E-state index in [2.05, 4.69) is 6.08 Å². The Balaban J connectivity index is 2.23. The summed E-state index contributed by atoms with van der Waals surface area (Å²) in [5, 5.41) is 0.0303. The lowest BCUT2D eigenvalue weighted by molar-refractivity contribution is 0.270. The van der Waals surface area contributed by atoms with Crippen LogP contribution in [0.2, 0.25) is 0 Å². The van der Waals surface area contributed by atoms with Crippen molar-refractivity contribution in [2.45, 2.75) is 32.6 Å². The molecule has 2 aromatic rings. The Morgan fingerprint density at radius 2 is 2.22 bits per heavy atom. The molecule has 1 unspecified atom stereocenters. The molecule has 1 aromatic carbocycles. The van der Waals surface area contributed by atoms with Gasteiger partial charge in [0.15, 0.2) is 5.43 Å². The summed E-state index contributed by atoms with van der Waals surface area (Å²) >= 11 is 0. The molecule has 1 aromatic heterocycles. The third kappa shape index (κ3) is 2.81. The molecule has 0 bridgehead atoms. The van der Waals surface area contributed by atoms with Crippen molar-refractivity contribution in [1.82, 2.24) is 0 Å². The van der Waals surface area contributed by atoms with Crippen LogP contribution in [0.5, 0.6) is 0 Å². The fourth-order valence-corrected chi connectivity index (χ4v) is 2.98. The summed E-state index contributed by atoms with van der Waals surface area (Å²) in [5.74, 6) is 0.633. The van der Waals surface area contributed by atoms with Gasteiger partial charge in [-0.15, -0.1) is 0 Å². The zero-order valence-electron chi connectivity index (χ0n) is 13.5. The van der Waals surface area contributed by atoms with E-state index < -0.39 is 5.82 Å². The van der Waals surface area contributed by atoms with E-state index >= 15 is 0 Å². The molecular weight excluding hydrogens is 295 g/mol. The molecule has 0 saturated heterocycles. The van der Waals surface area contributed by atoms with Gasteiger partial charge in [-0.2, -0.15) is 0 Å². The molecule has 3 nitrogen and oxygen atoms in total. The monoisotopic (exact) mass is 314 g/mol. The van der Waals surface area contributed by atoms with E-state index in [4.69, 9.17) is 9.15 Å². The molecule has 0 amide bonds. The SMILES string of the molecule is COC1=CC(CC=C(C)C)c2c(oc3cccc(F)c3c2=O)C1. The smallest absolute Gasteiger partial charge is 0.199 e. The van der Waals surface area contributed by atoms with Crippen molar-refractivity contribution in [2.24, 2.45) is 0 Å². The van der Waals surface area contributed by atoms with Crippen molar-refractivity contribution >= 4 is 11.0 Å². The third-order valence-electron chi connectivity index (χ3n) is 4.12. The lowest BCUT2D eigenvalue weighted by atomic mass is 9.87. The van der Waals surface area contributed by atoms with Gasteiger partial charge in [-0.25, -0.2) is 4.39 Å². The Hall–Kier alpha value is -2.36. The van der Waals surface area contributed by atoms with Crippen LogP contribution in [0.4, 0.5) is 4.39 Å². The van der Waals surface area contributed by atoms with Crippen molar-refractivity contribution in [3.8, 4) is 0 Å². The highest BCUT2D eigenvalue weighted by Gasteiger charge is 2.27. The molecule has 0 aliphatic heterocycles. The molecule has 4 heteroatoms. The van der Waals surface area contributed by atoms with Crippen LogP contribution in [-0.4, -0.2) is 7.11 Å². The van der Waals surface area contributed by atoms with Crippen molar-refractivity contribution in [3.05, 3.63) is 69.0 Å². The molecule has 3 rings (SSSR count). The van der Waals surface area contributed by atoms with Gasteiger partial charge in [0.2, 0.25) is 0 Å². The zero-order valence-corrected chi connectivity index (χ0v) is 13.5. The summed E-state index contributed by atoms with van der Waals surface area (Å²) < 4.78 is 25.3. The lowest BCUT2D eigenvalue weighted by Gasteiger charge is -2.22. The average molecular weight is 314 g/mol. The summed E-state index contributed by atoms with van der Waals surface area (Å²) in [6, 6.07) is 4.45. The minimum atomic E-state index is -0.540. The Morgan fingerprint density at radius 1 is 1.43 bits per heavy atom. The largest absolute Gasteiger partial charge is 0.501 e. The predicted molar refractivity (Wildman–Crippen MR) is 88.0 cm³/mol. The number of hydrogen-bond donors (Lipinski definition) is 0. The van der Waals surface area contributed by atoms with Crippen LogP contribution in [0.1, 0.15) is 37.5 Å². The normalized spacial score (nSPS) is 16.7. The van der Waals surface area contributed by atoms with Crippen LogP contribution >= 0.6 is 0 Å². The summed E-state index contributed by atoms with van der Waals surface area (Å²) in [6.07, 6.45) is 5.08. The highest BCUT2D eigenvalue weighted by molar-refractivity contribution is 5.78. The first-order chi connectivity index (χ1) is 11.0. The van der Waals surface area contributed by atoms with E-state index in [1.54, 1.807) is 19.2 Å². The van der Waals surface area contributed by atoms with Gasteiger partial charge >= 0.3 is 0 Å². The minimum absolute atomic E-state index is 0.0303. The second-order valence-corrected chi connectivity index (χ2v) is 6.02. The highest BCUT2D eigenvalue weighted by atomic mass is 19.1. The van der Waals surface area contributed by atoms with E-state index in [-0.39, 0.29) is 22.3 Å². The van der Waals surface area contributed by atoms with Gasteiger partial charge in [0.05, 0.1) is 19.3 Å². The molecule has 0 radical (unpaired) electrons. The van der Waals surface area contributed by atoms with E-state index in [9.17, 15) is 9.18 Å². The predicted octanol–water partition coefficient (Wildman–Crippen LogP) is 4.46. The van der Waals surface area contributed by atoms with Gasteiger partial charge in [-0.3, -0.25) is 4.79 Å². The number of ether oxygens (including phenoxy) is 1. The van der Waals surface area contributed by atoms with Crippen molar-refractivity contribution in [2.75, 3.05) is 7.11 Å². The van der Waals surface area contributed by atoms with Gasteiger partial charge in [0, 0.05) is 11.5 Å². The van der Waals surface area contributed by atoms with Crippen LogP contribution < -0.4 is 5.43 Å². The van der Waals surface area contributed by atoms with E-state index in [0.29, 0.717) is 24.2 Å². The Kier molecular flexibility index (Phi) is 4.07. The zero-order chi connectivity index (χ0) is 16.6. The van der Waals surface area contributed by atoms with Crippen molar-refractivity contribution < 1.29 is 13.5 Å². The van der Waals surface area contributed by atoms with Crippen LogP contribution in [-0.2, 0) is 11.2 Å². The highest BCUT2D eigenvalue weighted by Crippen LogP contribution is 2.33. The summed E-state index contributed by atoms with van der Waals surface area (Å²) in [7, 11) is 1.60. The first kappa shape index (κ1) is 15.5. The molecule has 1 heterocycles. The van der Waals surface area contributed by atoms with Crippen LogP contribution in [0, 0.1) is 5.82 Å². The van der Waals surface area contributed by atoms with Gasteiger partial charge in [0.25, 0.3) is 0 Å². The minimum Gasteiger partial charge on any atom is -0.501 e. The maximum absolute atomic E-state index is 14.1. The van der Waals surface area contributed by atoms with Crippen molar-refractivity contribution in [3.63, 3.8) is 0 Å². The number of fused-ring (bicyclic) bond motifs is 2. The quantitative estimate of drug-likeness (QED) is 0.785. The Morgan fingerprint density at radius 3 is 2.91 bits per heavy atom. The van der Waals surface area contributed by atoms with Crippen LogP contribution in [0.25, 0.3) is 11.0 Å². The number of hydrogen-bond acceptors (Lipinski definition) is 3. The molecule has 23 heavy (non-hydrogen) atoms. The third-order valence-corrected chi connectivity index (χ3v) is 4.12. The summed E-state index contributed by atoms with van der Waals surface area (Å²) in [6.45, 7) is 4.01. The van der Waals surface area contributed by atoms with Crippen LogP contribution in [0.3, 0.4) is 0 Å². The maximum Gasteiger partial charge on any atom is 0.199 e. The lowest BCUT2D eigenvalue weighted by Crippen LogP contribution is -2.21. The Bertz CT molecular complexity index is 870. The molecule has 120 valence electrons. The molecule has 0 saturated carbocycles. The fourth-order valence-electron chi connectivity index (χ4n) is 2.98. The van der Waals surface area contributed by atoms with Crippen molar-refractivity contribution in [1.29, 1.82) is 0 Å². The van der Waals surface area contributed by atoms with Gasteiger partial charge in [-0.05, 0) is 38.5 Å². The fraction of sp³-hybridized carbons (Fsp3) is 0.316. The Labute approximate surface area is 134 Å². The summed E-state index contributed by atoms with van der Waals surface area (Å²) in [4.78, 5) is 12.9. The molecule has 0 fully saturated rings. The number of halogens is 1. The average Bonchev–Trinajstić information content (AvgIpc) is 2.52. The van der Waals surface area contributed by atoms with Gasteiger partial charge in [0.1, 0.15) is 22.5 Å². The van der Waals surface area contributed by atoms with Gasteiger partial charge in [-0.1, -0.05) is 17.7 Å².